The minimum Gasteiger partial charge on any atom is -0.311 e. The molecule has 3 saturated carbocycles. The molecule has 3 fully saturated rings. The quantitative estimate of drug-likeness (QED) is 0.768. The molecule has 0 aromatic carbocycles. The van der Waals surface area contributed by atoms with Crippen molar-refractivity contribution in [1.29, 1.82) is 0 Å². The molecule has 1 heteroatoms. The van der Waals surface area contributed by atoms with E-state index in [-0.39, 0.29) is 0 Å². The number of fused-ring (bicyclic) bond motifs is 2. The minimum absolute atomic E-state index is 0.556. The molecule has 3 aliphatic rings. The van der Waals surface area contributed by atoms with Gasteiger partial charge in [-0.1, -0.05) is 20.8 Å². The Bertz CT molecular complexity index is 292. The van der Waals surface area contributed by atoms with Crippen molar-refractivity contribution >= 4 is 0 Å². The van der Waals surface area contributed by atoms with Gasteiger partial charge in [-0.25, -0.2) is 0 Å². The smallest absolute Gasteiger partial charge is 0.0131 e. The fraction of sp³-hybridized carbons (Fsp3) is 1.00. The van der Waals surface area contributed by atoms with Crippen molar-refractivity contribution in [2.45, 2.75) is 71.9 Å². The summed E-state index contributed by atoms with van der Waals surface area (Å²) in [4.78, 5) is 0. The third-order valence-corrected chi connectivity index (χ3v) is 6.59. The number of nitrogens with one attached hydrogen (secondary N) is 1. The van der Waals surface area contributed by atoms with Gasteiger partial charge in [-0.15, -0.1) is 0 Å². The van der Waals surface area contributed by atoms with E-state index in [4.69, 9.17) is 0 Å². The summed E-state index contributed by atoms with van der Waals surface area (Å²) in [7, 11) is 0. The van der Waals surface area contributed by atoms with Gasteiger partial charge in [0.15, 0.2) is 0 Å². The maximum Gasteiger partial charge on any atom is 0.0131 e. The first-order valence-corrected chi connectivity index (χ1v) is 7.21. The van der Waals surface area contributed by atoms with Crippen LogP contribution >= 0.6 is 0 Å². The minimum atomic E-state index is 0.556. The Balaban J connectivity index is 1.73. The van der Waals surface area contributed by atoms with Gasteiger partial charge >= 0.3 is 0 Å². The molecular formula is C15H27N. The van der Waals surface area contributed by atoms with Crippen molar-refractivity contribution in [2.75, 3.05) is 0 Å². The van der Waals surface area contributed by atoms with Gasteiger partial charge in [0.25, 0.3) is 0 Å². The largest absolute Gasteiger partial charge is 0.311 e. The molecule has 3 rings (SSSR count). The molecule has 0 spiro atoms. The third-order valence-electron chi connectivity index (χ3n) is 6.59. The topological polar surface area (TPSA) is 12.0 Å². The second kappa shape index (κ2) is 3.25. The maximum atomic E-state index is 3.97. The van der Waals surface area contributed by atoms with Crippen LogP contribution in [0, 0.1) is 22.7 Å². The summed E-state index contributed by atoms with van der Waals surface area (Å²) in [6, 6.07) is 1.55. The van der Waals surface area contributed by atoms with Gasteiger partial charge < -0.3 is 5.32 Å². The van der Waals surface area contributed by atoms with Gasteiger partial charge in [-0.2, -0.15) is 0 Å². The third kappa shape index (κ3) is 1.33. The summed E-state index contributed by atoms with van der Waals surface area (Å²) in [5.74, 6) is 1.97. The van der Waals surface area contributed by atoms with Crippen LogP contribution in [0.1, 0.15) is 59.8 Å². The summed E-state index contributed by atoms with van der Waals surface area (Å²) in [5.41, 5.74) is 1.12. The van der Waals surface area contributed by atoms with E-state index in [2.05, 4.69) is 33.0 Å². The molecule has 1 N–H and O–H groups in total. The molecule has 3 aliphatic carbocycles. The first-order chi connectivity index (χ1) is 7.45. The second-order valence-electron chi connectivity index (χ2n) is 7.46. The Morgan fingerprint density at radius 2 is 1.81 bits per heavy atom. The molecule has 0 aromatic rings. The molecular weight excluding hydrogens is 194 g/mol. The van der Waals surface area contributed by atoms with Crippen LogP contribution in [0.4, 0.5) is 0 Å². The molecule has 0 radical (unpaired) electrons. The molecule has 0 aromatic heterocycles. The zero-order chi connectivity index (χ0) is 11.6. The Hall–Kier alpha value is -0.0400. The van der Waals surface area contributed by atoms with Gasteiger partial charge in [0.1, 0.15) is 0 Å². The lowest BCUT2D eigenvalue weighted by molar-refractivity contribution is 0.114. The van der Waals surface area contributed by atoms with Crippen LogP contribution in [0.5, 0.6) is 0 Å². The standard InChI is InChI=1S/C15H27N/c1-10(11-5-6-11)16-13-9-12-7-8-15(13,4)14(12,2)3/h10-13,16H,5-9H2,1-4H3. The summed E-state index contributed by atoms with van der Waals surface area (Å²) in [6.07, 6.45) is 7.27. The van der Waals surface area contributed by atoms with Crippen LogP contribution in [-0.2, 0) is 0 Å². The fourth-order valence-electron chi connectivity index (χ4n) is 4.51. The van der Waals surface area contributed by atoms with Crippen molar-refractivity contribution in [2.24, 2.45) is 22.7 Å². The van der Waals surface area contributed by atoms with E-state index in [9.17, 15) is 0 Å². The predicted octanol–water partition coefficient (Wildman–Crippen LogP) is 3.59. The van der Waals surface area contributed by atoms with Crippen LogP contribution in [-0.4, -0.2) is 12.1 Å². The first kappa shape index (κ1) is 11.1. The van der Waals surface area contributed by atoms with E-state index < -0.39 is 0 Å². The zero-order valence-electron chi connectivity index (χ0n) is 11.3. The molecule has 92 valence electrons. The zero-order valence-corrected chi connectivity index (χ0v) is 11.3. The highest BCUT2D eigenvalue weighted by atomic mass is 15.0. The molecule has 4 unspecified atom stereocenters. The Labute approximate surface area is 100 Å². The van der Waals surface area contributed by atoms with Crippen molar-refractivity contribution in [3.63, 3.8) is 0 Å². The number of hydrogen-bond donors (Lipinski definition) is 1. The van der Waals surface area contributed by atoms with Crippen molar-refractivity contribution in [3.05, 3.63) is 0 Å². The second-order valence-corrected chi connectivity index (χ2v) is 7.46. The highest BCUT2D eigenvalue weighted by Crippen LogP contribution is 2.65. The maximum absolute atomic E-state index is 3.97. The Morgan fingerprint density at radius 3 is 2.25 bits per heavy atom. The van der Waals surface area contributed by atoms with Crippen LogP contribution in [0.2, 0.25) is 0 Å². The van der Waals surface area contributed by atoms with Gasteiger partial charge in [0.2, 0.25) is 0 Å². The molecule has 0 heterocycles. The average Bonchev–Trinajstić information content (AvgIpc) is 2.98. The average molecular weight is 221 g/mol. The number of rotatable bonds is 3. The summed E-state index contributed by atoms with van der Waals surface area (Å²) < 4.78 is 0. The molecule has 4 atom stereocenters. The summed E-state index contributed by atoms with van der Waals surface area (Å²) >= 11 is 0. The summed E-state index contributed by atoms with van der Waals surface area (Å²) in [5, 5.41) is 3.97. The Morgan fingerprint density at radius 1 is 1.12 bits per heavy atom. The summed E-state index contributed by atoms with van der Waals surface area (Å²) in [6.45, 7) is 9.96. The highest BCUT2D eigenvalue weighted by Gasteiger charge is 2.61. The predicted molar refractivity (Wildman–Crippen MR) is 68.3 cm³/mol. The lowest BCUT2D eigenvalue weighted by Gasteiger charge is -2.40. The molecule has 1 nitrogen and oxygen atoms in total. The van der Waals surface area contributed by atoms with E-state index in [1.165, 1.54) is 32.1 Å². The highest BCUT2D eigenvalue weighted by molar-refractivity contribution is 5.13. The molecule has 0 amide bonds. The molecule has 16 heavy (non-hydrogen) atoms. The van der Waals surface area contributed by atoms with Gasteiger partial charge in [-0.05, 0) is 61.7 Å². The SMILES string of the molecule is CC(NC1CC2CCC1(C)C2(C)C)C1CC1. The molecule has 0 aliphatic heterocycles. The van der Waals surface area contributed by atoms with Crippen molar-refractivity contribution in [1.82, 2.24) is 5.32 Å². The molecule has 2 bridgehead atoms. The van der Waals surface area contributed by atoms with Crippen LogP contribution < -0.4 is 5.32 Å². The fourth-order valence-corrected chi connectivity index (χ4v) is 4.51. The van der Waals surface area contributed by atoms with E-state index >= 15 is 0 Å². The van der Waals surface area contributed by atoms with E-state index in [0.717, 1.165) is 23.9 Å². The van der Waals surface area contributed by atoms with Crippen LogP contribution in [0.25, 0.3) is 0 Å². The Kier molecular flexibility index (Phi) is 2.25. The van der Waals surface area contributed by atoms with Gasteiger partial charge in [-0.3, -0.25) is 0 Å². The normalized spacial score (nSPS) is 47.2. The monoisotopic (exact) mass is 221 g/mol. The van der Waals surface area contributed by atoms with Crippen molar-refractivity contribution in [3.8, 4) is 0 Å². The number of hydrogen-bond acceptors (Lipinski definition) is 1. The van der Waals surface area contributed by atoms with Gasteiger partial charge in [0, 0.05) is 12.1 Å². The first-order valence-electron chi connectivity index (χ1n) is 7.21. The van der Waals surface area contributed by atoms with Crippen LogP contribution in [0.3, 0.4) is 0 Å². The van der Waals surface area contributed by atoms with E-state index in [1.54, 1.807) is 0 Å². The lowest BCUT2D eigenvalue weighted by Crippen LogP contribution is -2.48. The molecule has 0 saturated heterocycles. The lowest BCUT2D eigenvalue weighted by atomic mass is 9.69. The van der Waals surface area contributed by atoms with Crippen LogP contribution in [0.15, 0.2) is 0 Å². The van der Waals surface area contributed by atoms with E-state index in [1.807, 2.05) is 0 Å². The van der Waals surface area contributed by atoms with Gasteiger partial charge in [0.05, 0.1) is 0 Å². The van der Waals surface area contributed by atoms with Crippen molar-refractivity contribution < 1.29 is 0 Å². The van der Waals surface area contributed by atoms with E-state index in [0.29, 0.717) is 10.8 Å².